The van der Waals surface area contributed by atoms with Crippen molar-refractivity contribution in [3.8, 4) is 5.75 Å². The van der Waals surface area contributed by atoms with Gasteiger partial charge in [-0.1, -0.05) is 12.8 Å². The molecular formula is C14H18INO3. The number of halogens is 1. The van der Waals surface area contributed by atoms with Crippen molar-refractivity contribution in [1.82, 2.24) is 4.90 Å². The lowest BCUT2D eigenvalue weighted by atomic mass is 10.1. The first-order valence-electron chi connectivity index (χ1n) is 6.54. The number of carbonyl (C=O) groups is 1. The van der Waals surface area contributed by atoms with Gasteiger partial charge in [0.05, 0.1) is 16.2 Å². The first-order chi connectivity index (χ1) is 9.13. The van der Waals surface area contributed by atoms with E-state index in [2.05, 4.69) is 0 Å². The minimum absolute atomic E-state index is 0.00207. The Balaban J connectivity index is 2.22. The quantitative estimate of drug-likeness (QED) is 0.781. The lowest BCUT2D eigenvalue weighted by Crippen LogP contribution is -2.42. The first kappa shape index (κ1) is 14.6. The topological polar surface area (TPSA) is 60.8 Å². The van der Waals surface area contributed by atoms with Gasteiger partial charge in [-0.2, -0.15) is 0 Å². The minimum Gasteiger partial charge on any atom is -0.507 e. The molecule has 1 fully saturated rings. The van der Waals surface area contributed by atoms with E-state index >= 15 is 0 Å². The van der Waals surface area contributed by atoms with Crippen LogP contribution in [0.15, 0.2) is 18.2 Å². The number of phenols is 1. The number of nitrogens with zero attached hydrogens (tertiary/aromatic N) is 1. The number of carbonyl (C=O) groups excluding carboxylic acids is 1. The van der Waals surface area contributed by atoms with Gasteiger partial charge in [0.25, 0.3) is 5.91 Å². The zero-order valence-electron chi connectivity index (χ0n) is 10.7. The van der Waals surface area contributed by atoms with E-state index < -0.39 is 0 Å². The van der Waals surface area contributed by atoms with Gasteiger partial charge in [-0.15, -0.1) is 0 Å². The molecule has 1 aromatic rings. The standard InChI is InChI=1S/C14H18INO3/c15-12-6-5-10(8-13(12)18)14(19)16-7-3-1-2-4-11(16)9-17/h5-6,8,11,17-18H,1-4,7,9H2. The largest absolute Gasteiger partial charge is 0.507 e. The van der Waals surface area contributed by atoms with E-state index in [1.807, 2.05) is 22.6 Å². The fourth-order valence-corrected chi connectivity index (χ4v) is 2.78. The fraction of sp³-hybridized carbons (Fsp3) is 0.500. The molecule has 1 unspecified atom stereocenters. The van der Waals surface area contributed by atoms with Crippen LogP contribution in [0.5, 0.6) is 5.75 Å². The summed E-state index contributed by atoms with van der Waals surface area (Å²) in [5.41, 5.74) is 0.485. The second-order valence-corrected chi connectivity index (χ2v) is 6.01. The smallest absolute Gasteiger partial charge is 0.254 e. The molecule has 0 aliphatic carbocycles. The Kier molecular flexibility index (Phi) is 5.04. The molecule has 1 aliphatic rings. The summed E-state index contributed by atoms with van der Waals surface area (Å²) in [5.74, 6) is 0.0227. The molecule has 1 saturated heterocycles. The number of aromatic hydroxyl groups is 1. The fourth-order valence-electron chi connectivity index (χ4n) is 2.45. The zero-order chi connectivity index (χ0) is 13.8. The highest BCUT2D eigenvalue weighted by Crippen LogP contribution is 2.24. The van der Waals surface area contributed by atoms with Crippen LogP contribution in [0.2, 0.25) is 0 Å². The van der Waals surface area contributed by atoms with Gasteiger partial charge in [0.15, 0.2) is 0 Å². The molecule has 104 valence electrons. The lowest BCUT2D eigenvalue weighted by molar-refractivity contribution is 0.0599. The second kappa shape index (κ2) is 6.56. The number of likely N-dealkylation sites (tertiary alicyclic amines) is 1. The van der Waals surface area contributed by atoms with Gasteiger partial charge in [0.1, 0.15) is 5.75 Å². The Morgan fingerprint density at radius 2 is 2.16 bits per heavy atom. The monoisotopic (exact) mass is 375 g/mol. The van der Waals surface area contributed by atoms with E-state index in [4.69, 9.17) is 0 Å². The highest BCUT2D eigenvalue weighted by atomic mass is 127. The van der Waals surface area contributed by atoms with Crippen LogP contribution in [0.1, 0.15) is 36.0 Å². The maximum atomic E-state index is 12.5. The third-order valence-electron chi connectivity index (χ3n) is 3.54. The summed E-state index contributed by atoms with van der Waals surface area (Å²) in [6.07, 6.45) is 3.96. The Hall–Kier alpha value is -0.820. The summed E-state index contributed by atoms with van der Waals surface area (Å²) in [4.78, 5) is 14.2. The summed E-state index contributed by atoms with van der Waals surface area (Å²) in [6, 6.07) is 4.86. The van der Waals surface area contributed by atoms with Crippen molar-refractivity contribution < 1.29 is 15.0 Å². The second-order valence-electron chi connectivity index (χ2n) is 4.85. The van der Waals surface area contributed by atoms with E-state index in [0.717, 1.165) is 29.3 Å². The van der Waals surface area contributed by atoms with Crippen molar-refractivity contribution in [1.29, 1.82) is 0 Å². The van der Waals surface area contributed by atoms with Crippen molar-refractivity contribution in [2.45, 2.75) is 31.7 Å². The van der Waals surface area contributed by atoms with Crippen LogP contribution in [0.3, 0.4) is 0 Å². The molecular weight excluding hydrogens is 357 g/mol. The number of amides is 1. The van der Waals surface area contributed by atoms with Crippen LogP contribution in [-0.2, 0) is 0 Å². The highest BCUT2D eigenvalue weighted by Gasteiger charge is 2.25. The number of aliphatic hydroxyl groups excluding tert-OH is 1. The predicted octanol–water partition coefficient (Wildman–Crippen LogP) is 2.37. The van der Waals surface area contributed by atoms with Crippen molar-refractivity contribution in [2.24, 2.45) is 0 Å². The number of hydrogen-bond acceptors (Lipinski definition) is 3. The number of hydrogen-bond donors (Lipinski definition) is 2. The van der Waals surface area contributed by atoms with E-state index in [1.54, 1.807) is 17.0 Å². The first-order valence-corrected chi connectivity index (χ1v) is 7.61. The predicted molar refractivity (Wildman–Crippen MR) is 81.2 cm³/mol. The van der Waals surface area contributed by atoms with Crippen LogP contribution in [0.25, 0.3) is 0 Å². The molecule has 0 aromatic heterocycles. The summed E-state index contributed by atoms with van der Waals surface area (Å²) in [7, 11) is 0. The summed E-state index contributed by atoms with van der Waals surface area (Å²) < 4.78 is 0.726. The minimum atomic E-state index is -0.104. The van der Waals surface area contributed by atoms with E-state index in [0.29, 0.717) is 12.1 Å². The van der Waals surface area contributed by atoms with E-state index in [9.17, 15) is 15.0 Å². The van der Waals surface area contributed by atoms with Crippen LogP contribution in [0, 0.1) is 3.57 Å². The lowest BCUT2D eigenvalue weighted by Gasteiger charge is -2.28. The molecule has 1 heterocycles. The molecule has 5 heteroatoms. The summed E-state index contributed by atoms with van der Waals surface area (Å²) in [6.45, 7) is 0.679. The van der Waals surface area contributed by atoms with E-state index in [1.165, 1.54) is 6.07 Å². The van der Waals surface area contributed by atoms with Gasteiger partial charge < -0.3 is 15.1 Å². The average molecular weight is 375 g/mol. The number of rotatable bonds is 2. The van der Waals surface area contributed by atoms with Gasteiger partial charge in [-0.05, 0) is 53.6 Å². The molecule has 0 radical (unpaired) electrons. The van der Waals surface area contributed by atoms with Crippen LogP contribution in [-0.4, -0.2) is 40.2 Å². The normalized spacial score (nSPS) is 20.1. The van der Waals surface area contributed by atoms with Crippen molar-refractivity contribution >= 4 is 28.5 Å². The molecule has 0 bridgehead atoms. The number of aliphatic hydroxyl groups is 1. The Morgan fingerprint density at radius 1 is 1.37 bits per heavy atom. The Bertz CT molecular complexity index is 464. The summed E-state index contributed by atoms with van der Waals surface area (Å²) >= 11 is 2.02. The SMILES string of the molecule is O=C(c1ccc(I)c(O)c1)N1CCCCCC1CO. The molecule has 0 spiro atoms. The Morgan fingerprint density at radius 3 is 2.84 bits per heavy atom. The molecule has 2 rings (SSSR count). The van der Waals surface area contributed by atoms with E-state index in [-0.39, 0.29) is 24.3 Å². The summed E-state index contributed by atoms with van der Waals surface area (Å²) in [5, 5.41) is 19.1. The molecule has 1 aromatic carbocycles. The van der Waals surface area contributed by atoms with Crippen molar-refractivity contribution in [3.63, 3.8) is 0 Å². The molecule has 1 atom stereocenters. The van der Waals surface area contributed by atoms with Gasteiger partial charge in [0, 0.05) is 12.1 Å². The third kappa shape index (κ3) is 3.39. The molecule has 0 saturated carbocycles. The third-order valence-corrected chi connectivity index (χ3v) is 4.45. The number of phenolic OH excluding ortho intramolecular Hbond substituents is 1. The molecule has 4 nitrogen and oxygen atoms in total. The van der Waals surface area contributed by atoms with Crippen molar-refractivity contribution in [2.75, 3.05) is 13.2 Å². The highest BCUT2D eigenvalue weighted by molar-refractivity contribution is 14.1. The molecule has 1 amide bonds. The Labute approximate surface area is 126 Å². The van der Waals surface area contributed by atoms with Crippen molar-refractivity contribution in [3.05, 3.63) is 27.3 Å². The maximum Gasteiger partial charge on any atom is 0.254 e. The molecule has 19 heavy (non-hydrogen) atoms. The van der Waals surface area contributed by atoms with Crippen LogP contribution < -0.4 is 0 Å². The van der Waals surface area contributed by atoms with Gasteiger partial charge in [-0.3, -0.25) is 4.79 Å². The number of benzene rings is 1. The maximum absolute atomic E-state index is 12.5. The van der Waals surface area contributed by atoms with Crippen LogP contribution in [0.4, 0.5) is 0 Å². The zero-order valence-corrected chi connectivity index (χ0v) is 12.8. The molecule has 2 N–H and O–H groups in total. The van der Waals surface area contributed by atoms with Gasteiger partial charge in [-0.25, -0.2) is 0 Å². The van der Waals surface area contributed by atoms with Crippen LogP contribution >= 0.6 is 22.6 Å². The molecule has 1 aliphatic heterocycles. The van der Waals surface area contributed by atoms with Gasteiger partial charge in [0.2, 0.25) is 0 Å². The van der Waals surface area contributed by atoms with Gasteiger partial charge >= 0.3 is 0 Å². The average Bonchev–Trinajstić information content (AvgIpc) is 2.66.